The van der Waals surface area contributed by atoms with Crippen molar-refractivity contribution in [2.75, 3.05) is 11.9 Å². The van der Waals surface area contributed by atoms with E-state index in [-0.39, 0.29) is 0 Å². The monoisotopic (exact) mass is 325 g/mol. The Balaban J connectivity index is 1.60. The minimum absolute atomic E-state index is 0.672. The van der Waals surface area contributed by atoms with Crippen LogP contribution in [0.15, 0.2) is 12.3 Å². The van der Waals surface area contributed by atoms with Crippen LogP contribution in [0.4, 0.5) is 0 Å². The van der Waals surface area contributed by atoms with Gasteiger partial charge in [-0.05, 0) is 44.7 Å². The summed E-state index contributed by atoms with van der Waals surface area (Å²) in [5, 5.41) is 5.93. The predicted octanol–water partition coefficient (Wildman–Crippen LogP) is 3.75. The van der Waals surface area contributed by atoms with Gasteiger partial charge in [-0.15, -0.1) is 0 Å². The Hall–Kier alpha value is -0.350. The van der Waals surface area contributed by atoms with E-state index in [9.17, 15) is 0 Å². The van der Waals surface area contributed by atoms with Gasteiger partial charge in [-0.25, -0.2) is 0 Å². The van der Waals surface area contributed by atoms with Gasteiger partial charge in [-0.1, -0.05) is 28.8 Å². The van der Waals surface area contributed by atoms with E-state index < -0.39 is 0 Å². The molecular weight excluding hydrogens is 302 g/mol. The second-order valence-electron chi connectivity index (χ2n) is 5.97. The van der Waals surface area contributed by atoms with Crippen LogP contribution in [0.5, 0.6) is 0 Å². The molecule has 1 saturated carbocycles. The molecule has 3 rings (SSSR count). The summed E-state index contributed by atoms with van der Waals surface area (Å²) < 4.78 is 2.22. The molecule has 1 aliphatic heterocycles. The fraction of sp³-hybridized carbons (Fsp3) is 0.800. The topological polar surface area (TPSA) is 21.1 Å². The van der Waals surface area contributed by atoms with Gasteiger partial charge in [-0.3, -0.25) is 9.58 Å². The molecule has 1 unspecified atom stereocenters. The predicted molar refractivity (Wildman–Crippen MR) is 81.6 cm³/mol. The van der Waals surface area contributed by atoms with E-state index in [0.717, 1.165) is 17.9 Å². The molecule has 0 bridgehead atoms. The molecule has 106 valence electrons. The number of rotatable bonds is 5. The van der Waals surface area contributed by atoms with Gasteiger partial charge < -0.3 is 0 Å². The lowest BCUT2D eigenvalue weighted by molar-refractivity contribution is 0.237. The first-order valence-electron chi connectivity index (χ1n) is 7.71. The van der Waals surface area contributed by atoms with E-state index in [0.29, 0.717) is 6.04 Å². The Morgan fingerprint density at radius 3 is 2.84 bits per heavy atom. The van der Waals surface area contributed by atoms with Crippen LogP contribution in [-0.2, 0) is 6.54 Å². The van der Waals surface area contributed by atoms with Gasteiger partial charge in [0.2, 0.25) is 0 Å². The zero-order valence-electron chi connectivity index (χ0n) is 11.6. The van der Waals surface area contributed by atoms with Crippen LogP contribution in [0.1, 0.15) is 56.7 Å². The number of alkyl halides is 1. The number of hydrogen-bond donors (Lipinski definition) is 0. The zero-order chi connectivity index (χ0) is 13.1. The summed E-state index contributed by atoms with van der Waals surface area (Å²) in [6.45, 7) is 2.28. The van der Waals surface area contributed by atoms with Crippen LogP contribution in [0.25, 0.3) is 0 Å². The number of likely N-dealkylation sites (tertiary alicyclic amines) is 1. The molecule has 0 spiro atoms. The normalized spacial score (nSPS) is 25.4. The number of halogens is 1. The van der Waals surface area contributed by atoms with E-state index in [4.69, 9.17) is 5.10 Å². The first-order valence-corrected chi connectivity index (χ1v) is 8.83. The van der Waals surface area contributed by atoms with Crippen LogP contribution in [0, 0.1) is 0 Å². The summed E-state index contributed by atoms with van der Waals surface area (Å²) in [6.07, 6.45) is 11.5. The SMILES string of the molecule is BrCCC1CCCN1Cc1ccn(C2CCCC2)n1. The fourth-order valence-electron chi connectivity index (χ4n) is 3.60. The summed E-state index contributed by atoms with van der Waals surface area (Å²) in [6, 6.07) is 3.66. The van der Waals surface area contributed by atoms with Gasteiger partial charge in [0.05, 0.1) is 11.7 Å². The third-order valence-electron chi connectivity index (χ3n) is 4.67. The standard InChI is InChI=1S/C15H24BrN3/c16-9-7-14-6-3-10-18(14)12-13-8-11-19(17-13)15-4-1-2-5-15/h8,11,14-15H,1-7,9-10,12H2. The molecule has 1 aromatic heterocycles. The third-order valence-corrected chi connectivity index (χ3v) is 5.13. The van der Waals surface area contributed by atoms with Crippen molar-refractivity contribution < 1.29 is 0 Å². The van der Waals surface area contributed by atoms with Crippen molar-refractivity contribution in [3.8, 4) is 0 Å². The van der Waals surface area contributed by atoms with Gasteiger partial charge in [-0.2, -0.15) is 5.10 Å². The van der Waals surface area contributed by atoms with Crippen molar-refractivity contribution in [2.24, 2.45) is 0 Å². The highest BCUT2D eigenvalue weighted by molar-refractivity contribution is 9.09. The van der Waals surface area contributed by atoms with Crippen LogP contribution >= 0.6 is 15.9 Å². The molecule has 19 heavy (non-hydrogen) atoms. The largest absolute Gasteiger partial charge is 0.294 e. The number of nitrogens with zero attached hydrogens (tertiary/aromatic N) is 3. The summed E-state index contributed by atoms with van der Waals surface area (Å²) >= 11 is 3.57. The second-order valence-corrected chi connectivity index (χ2v) is 6.76. The summed E-state index contributed by atoms with van der Waals surface area (Å²) in [7, 11) is 0. The Bertz CT molecular complexity index is 398. The van der Waals surface area contributed by atoms with Crippen molar-refractivity contribution in [1.82, 2.24) is 14.7 Å². The number of hydrogen-bond acceptors (Lipinski definition) is 2. The maximum atomic E-state index is 4.81. The Morgan fingerprint density at radius 1 is 1.21 bits per heavy atom. The van der Waals surface area contributed by atoms with Gasteiger partial charge >= 0.3 is 0 Å². The Kier molecular flexibility index (Phi) is 4.59. The maximum absolute atomic E-state index is 4.81. The highest BCUT2D eigenvalue weighted by Gasteiger charge is 2.25. The minimum atomic E-state index is 0.672. The van der Waals surface area contributed by atoms with Crippen molar-refractivity contribution in [1.29, 1.82) is 0 Å². The second kappa shape index (κ2) is 6.40. The molecule has 0 aromatic carbocycles. The van der Waals surface area contributed by atoms with Gasteiger partial charge in [0.1, 0.15) is 0 Å². The molecule has 2 heterocycles. The zero-order valence-corrected chi connectivity index (χ0v) is 13.2. The lowest BCUT2D eigenvalue weighted by atomic mass is 10.2. The lowest BCUT2D eigenvalue weighted by Gasteiger charge is -2.22. The number of aromatic nitrogens is 2. The summed E-state index contributed by atoms with van der Waals surface area (Å²) in [4.78, 5) is 2.61. The summed E-state index contributed by atoms with van der Waals surface area (Å²) in [5.74, 6) is 0. The Morgan fingerprint density at radius 2 is 2.05 bits per heavy atom. The molecule has 0 radical (unpaired) electrons. The molecule has 0 N–H and O–H groups in total. The van der Waals surface area contributed by atoms with E-state index in [1.54, 1.807) is 0 Å². The molecule has 1 aromatic rings. The molecule has 1 aliphatic carbocycles. The van der Waals surface area contributed by atoms with Gasteiger partial charge in [0, 0.05) is 24.1 Å². The van der Waals surface area contributed by atoms with Crippen LogP contribution in [0.3, 0.4) is 0 Å². The van der Waals surface area contributed by atoms with E-state index in [2.05, 4.69) is 37.8 Å². The molecule has 3 nitrogen and oxygen atoms in total. The highest BCUT2D eigenvalue weighted by Crippen LogP contribution is 2.29. The molecule has 2 aliphatic rings. The third kappa shape index (κ3) is 3.22. The average Bonchev–Trinajstić information content (AvgIpc) is 3.12. The molecular formula is C15H24BrN3. The Labute approximate surface area is 124 Å². The van der Waals surface area contributed by atoms with E-state index >= 15 is 0 Å². The van der Waals surface area contributed by atoms with Crippen molar-refractivity contribution in [2.45, 2.75) is 63.6 Å². The van der Waals surface area contributed by atoms with Crippen molar-refractivity contribution >= 4 is 15.9 Å². The summed E-state index contributed by atoms with van der Waals surface area (Å²) in [5.41, 5.74) is 1.26. The van der Waals surface area contributed by atoms with E-state index in [1.165, 1.54) is 57.2 Å². The van der Waals surface area contributed by atoms with E-state index in [1.807, 2.05) is 0 Å². The lowest BCUT2D eigenvalue weighted by Crippen LogP contribution is -2.29. The first-order chi connectivity index (χ1) is 9.36. The molecule has 1 atom stereocenters. The molecule has 2 fully saturated rings. The highest BCUT2D eigenvalue weighted by atomic mass is 79.9. The van der Waals surface area contributed by atoms with Crippen molar-refractivity contribution in [3.05, 3.63) is 18.0 Å². The average molecular weight is 326 g/mol. The molecule has 1 saturated heterocycles. The minimum Gasteiger partial charge on any atom is -0.294 e. The smallest absolute Gasteiger partial charge is 0.0765 e. The molecule has 0 amide bonds. The molecule has 4 heteroatoms. The van der Waals surface area contributed by atoms with Gasteiger partial charge in [0.15, 0.2) is 0 Å². The van der Waals surface area contributed by atoms with Crippen molar-refractivity contribution in [3.63, 3.8) is 0 Å². The van der Waals surface area contributed by atoms with Crippen LogP contribution < -0.4 is 0 Å². The quantitative estimate of drug-likeness (QED) is 0.769. The van der Waals surface area contributed by atoms with Crippen LogP contribution in [0.2, 0.25) is 0 Å². The van der Waals surface area contributed by atoms with Crippen LogP contribution in [-0.4, -0.2) is 32.6 Å². The van der Waals surface area contributed by atoms with Gasteiger partial charge in [0.25, 0.3) is 0 Å². The maximum Gasteiger partial charge on any atom is 0.0765 e. The fourth-order valence-corrected chi connectivity index (χ4v) is 4.13. The first kappa shape index (κ1) is 13.6.